The molecule has 0 unspecified atom stereocenters. The van der Waals surface area contributed by atoms with E-state index in [4.69, 9.17) is 9.47 Å². The lowest BCUT2D eigenvalue weighted by molar-refractivity contribution is -0.131. The van der Waals surface area contributed by atoms with Crippen LogP contribution in [-0.2, 0) is 19.1 Å². The number of halogens is 1. The summed E-state index contributed by atoms with van der Waals surface area (Å²) in [6.07, 6.45) is 21.6. The van der Waals surface area contributed by atoms with Crippen molar-refractivity contribution in [1.29, 1.82) is 0 Å². The second-order valence-corrected chi connectivity index (χ2v) is 12.1. The quantitative estimate of drug-likeness (QED) is 0.167. The van der Waals surface area contributed by atoms with Crippen molar-refractivity contribution >= 4 is 27.7 Å². The van der Waals surface area contributed by atoms with Gasteiger partial charge in [0.2, 0.25) is 11.8 Å². The van der Waals surface area contributed by atoms with Gasteiger partial charge in [-0.25, -0.2) is 0 Å². The number of amides is 2. The summed E-state index contributed by atoms with van der Waals surface area (Å²) in [5.74, 6) is 0.465. The third-order valence-corrected chi connectivity index (χ3v) is 8.89. The Hall–Kier alpha value is -1.18. The van der Waals surface area contributed by atoms with E-state index < -0.39 is 0 Å². The molecule has 0 heterocycles. The Morgan fingerprint density at radius 3 is 1.92 bits per heavy atom. The van der Waals surface area contributed by atoms with E-state index in [1.54, 1.807) is 24.0 Å². The number of rotatable bonds is 14. The largest absolute Gasteiger partial charge is 0.385 e. The van der Waals surface area contributed by atoms with Crippen molar-refractivity contribution in [1.82, 2.24) is 9.80 Å². The van der Waals surface area contributed by atoms with E-state index in [1.165, 1.54) is 17.3 Å². The molecule has 214 valence electrons. The molecule has 2 atom stereocenters. The van der Waals surface area contributed by atoms with Crippen LogP contribution < -0.4 is 0 Å². The van der Waals surface area contributed by atoms with Crippen molar-refractivity contribution < 1.29 is 19.1 Å². The van der Waals surface area contributed by atoms with Gasteiger partial charge in [-0.05, 0) is 74.1 Å². The minimum atomic E-state index is 0.0212. The van der Waals surface area contributed by atoms with E-state index in [2.05, 4.69) is 34.2 Å². The van der Waals surface area contributed by atoms with Gasteiger partial charge in [0.1, 0.15) is 0 Å². The Bertz CT molecular complexity index is 737. The van der Waals surface area contributed by atoms with Crippen molar-refractivity contribution in [3.8, 4) is 0 Å². The lowest BCUT2D eigenvalue weighted by atomic mass is 9.72. The SMILES string of the molecule is COCCCC[C@@]1(CC(=O)N(C)C)C=CCCC1.COCCCC[C@]1(CC(=O)N(C)C)CCCC=C1Br. The van der Waals surface area contributed by atoms with Gasteiger partial charge in [-0.15, -0.1) is 0 Å². The highest BCUT2D eigenvalue weighted by Crippen LogP contribution is 2.47. The van der Waals surface area contributed by atoms with Gasteiger partial charge in [0.25, 0.3) is 0 Å². The maximum atomic E-state index is 12.1. The van der Waals surface area contributed by atoms with Gasteiger partial charge in [-0.1, -0.05) is 47.0 Å². The van der Waals surface area contributed by atoms with Gasteiger partial charge >= 0.3 is 0 Å². The number of unbranched alkanes of at least 4 members (excludes halogenated alkanes) is 2. The topological polar surface area (TPSA) is 59.1 Å². The lowest BCUT2D eigenvalue weighted by Gasteiger charge is -2.37. The highest BCUT2D eigenvalue weighted by molar-refractivity contribution is 9.11. The normalized spacial score (nSPS) is 23.1. The highest BCUT2D eigenvalue weighted by atomic mass is 79.9. The van der Waals surface area contributed by atoms with E-state index in [1.807, 2.05) is 28.2 Å². The summed E-state index contributed by atoms with van der Waals surface area (Å²) in [6, 6.07) is 0. The van der Waals surface area contributed by atoms with E-state index >= 15 is 0 Å². The average molecular weight is 586 g/mol. The summed E-state index contributed by atoms with van der Waals surface area (Å²) in [7, 11) is 10.8. The fourth-order valence-corrected chi connectivity index (χ4v) is 6.05. The molecule has 0 N–H and O–H groups in total. The first-order valence-corrected chi connectivity index (χ1v) is 14.8. The highest BCUT2D eigenvalue weighted by Gasteiger charge is 2.36. The maximum absolute atomic E-state index is 12.1. The number of ether oxygens (including phenoxy) is 2. The molecule has 0 aliphatic heterocycles. The first-order chi connectivity index (χ1) is 17.6. The Kier molecular flexibility index (Phi) is 16.6. The molecule has 0 aromatic rings. The van der Waals surface area contributed by atoms with E-state index in [9.17, 15) is 9.59 Å². The van der Waals surface area contributed by atoms with E-state index in [-0.39, 0.29) is 22.6 Å². The van der Waals surface area contributed by atoms with Crippen LogP contribution >= 0.6 is 15.9 Å². The molecule has 2 rings (SSSR count). The molecule has 6 nitrogen and oxygen atoms in total. The smallest absolute Gasteiger partial charge is 0.222 e. The third kappa shape index (κ3) is 12.5. The van der Waals surface area contributed by atoms with Gasteiger partial charge < -0.3 is 19.3 Å². The average Bonchev–Trinajstić information content (AvgIpc) is 2.87. The number of carbonyl (C=O) groups is 2. The zero-order valence-corrected chi connectivity index (χ0v) is 26.0. The van der Waals surface area contributed by atoms with Gasteiger partial charge in [0.15, 0.2) is 0 Å². The summed E-state index contributed by atoms with van der Waals surface area (Å²) in [4.78, 5) is 27.5. The molecule has 0 bridgehead atoms. The summed E-state index contributed by atoms with van der Waals surface area (Å²) in [5.41, 5.74) is 0.126. The standard InChI is InChI=1S/C15H26BrNO2.C15H27NO2/c1-17(2)14(18)12-15(10-6-7-11-19-3)9-5-4-8-13(15)16;1-16(2)14(17)13-15(9-5-4-6-10-15)11-7-8-12-18-3/h8H,4-7,9-12H2,1-3H3;5,9H,4,6-8,10-13H2,1-3H3/t2*15-/m01/s1. The number of methoxy groups -OCH3 is 2. The number of nitrogens with zero attached hydrogens (tertiary/aromatic N) is 2. The molecule has 0 aromatic heterocycles. The molecule has 0 aromatic carbocycles. The van der Waals surface area contributed by atoms with Crippen molar-refractivity contribution in [2.45, 2.75) is 89.9 Å². The monoisotopic (exact) mass is 584 g/mol. The van der Waals surface area contributed by atoms with Crippen LogP contribution in [0.15, 0.2) is 22.7 Å². The third-order valence-electron chi connectivity index (χ3n) is 7.72. The predicted molar refractivity (Wildman–Crippen MR) is 157 cm³/mol. The van der Waals surface area contributed by atoms with Crippen LogP contribution in [0.1, 0.15) is 89.9 Å². The van der Waals surface area contributed by atoms with Crippen LogP contribution in [0.3, 0.4) is 0 Å². The molecule has 2 aliphatic rings. The second kappa shape index (κ2) is 18.2. The minimum absolute atomic E-state index is 0.0212. The van der Waals surface area contributed by atoms with Gasteiger partial charge in [-0.2, -0.15) is 0 Å². The second-order valence-electron chi connectivity index (χ2n) is 11.2. The van der Waals surface area contributed by atoms with Gasteiger partial charge in [0.05, 0.1) is 0 Å². The number of carbonyl (C=O) groups excluding carboxylic acids is 2. The number of hydrogen-bond acceptors (Lipinski definition) is 4. The van der Waals surface area contributed by atoms with Crippen molar-refractivity contribution in [3.63, 3.8) is 0 Å². The van der Waals surface area contributed by atoms with Crippen LogP contribution in [0.2, 0.25) is 0 Å². The Morgan fingerprint density at radius 2 is 1.41 bits per heavy atom. The number of allylic oxidation sites excluding steroid dienone is 4. The minimum Gasteiger partial charge on any atom is -0.385 e. The molecule has 0 radical (unpaired) electrons. The van der Waals surface area contributed by atoms with Gasteiger partial charge in [-0.3, -0.25) is 9.59 Å². The van der Waals surface area contributed by atoms with Crippen molar-refractivity contribution in [2.24, 2.45) is 10.8 Å². The molecule has 7 heteroatoms. The first kappa shape index (κ1) is 33.8. The molecule has 0 saturated heterocycles. The lowest BCUT2D eigenvalue weighted by Crippen LogP contribution is -2.33. The first-order valence-electron chi connectivity index (χ1n) is 14.0. The molecule has 0 saturated carbocycles. The van der Waals surface area contributed by atoms with Crippen LogP contribution in [0.4, 0.5) is 0 Å². The Labute approximate surface area is 235 Å². The zero-order chi connectivity index (χ0) is 27.7. The number of hydrogen-bond donors (Lipinski definition) is 0. The molecular weight excluding hydrogens is 532 g/mol. The summed E-state index contributed by atoms with van der Waals surface area (Å²) >= 11 is 3.72. The Balaban J connectivity index is 0.000000371. The van der Waals surface area contributed by atoms with Crippen molar-refractivity contribution in [3.05, 3.63) is 22.7 Å². The van der Waals surface area contributed by atoms with E-state index in [0.717, 1.165) is 77.4 Å². The molecule has 37 heavy (non-hydrogen) atoms. The zero-order valence-electron chi connectivity index (χ0n) is 24.5. The maximum Gasteiger partial charge on any atom is 0.222 e. The van der Waals surface area contributed by atoms with Crippen LogP contribution in [-0.4, -0.2) is 77.2 Å². The van der Waals surface area contributed by atoms with Crippen LogP contribution in [0.25, 0.3) is 0 Å². The fraction of sp³-hybridized carbons (Fsp3) is 0.800. The summed E-state index contributed by atoms with van der Waals surface area (Å²) in [5, 5.41) is 0. The molecule has 2 aliphatic carbocycles. The predicted octanol–water partition coefficient (Wildman–Crippen LogP) is 6.74. The molecule has 0 fully saturated rings. The summed E-state index contributed by atoms with van der Waals surface area (Å²) < 4.78 is 11.4. The van der Waals surface area contributed by atoms with Gasteiger partial charge in [0, 0.05) is 73.9 Å². The van der Waals surface area contributed by atoms with Crippen LogP contribution in [0.5, 0.6) is 0 Å². The fourth-order valence-electron chi connectivity index (χ4n) is 5.28. The molecular formula is C30H53BrN2O4. The summed E-state index contributed by atoms with van der Waals surface area (Å²) in [6.45, 7) is 1.63. The molecule has 0 spiro atoms. The molecule has 2 amide bonds. The van der Waals surface area contributed by atoms with E-state index in [0.29, 0.717) is 12.8 Å². The van der Waals surface area contributed by atoms with Crippen molar-refractivity contribution in [2.75, 3.05) is 55.6 Å². The Morgan fingerprint density at radius 1 is 0.838 bits per heavy atom. The van der Waals surface area contributed by atoms with Crippen LogP contribution in [0, 0.1) is 10.8 Å².